The van der Waals surface area contributed by atoms with E-state index >= 15 is 0 Å². The normalized spacial score (nSPS) is 15.7. The summed E-state index contributed by atoms with van der Waals surface area (Å²) in [6.45, 7) is 5.72. The first-order valence-electron chi connectivity index (χ1n) is 8.61. The summed E-state index contributed by atoms with van der Waals surface area (Å²) in [5.41, 5.74) is 1.86. The van der Waals surface area contributed by atoms with Gasteiger partial charge in [-0.1, -0.05) is 12.8 Å². The number of ketones is 1. The fraction of sp³-hybridized carbons (Fsp3) is 0.632. The van der Waals surface area contributed by atoms with Crippen molar-refractivity contribution in [3.8, 4) is 5.75 Å². The number of Topliss-reactive ketones (excluding diaryl/α,β-unsaturated/α-hetero) is 1. The van der Waals surface area contributed by atoms with Crippen LogP contribution in [0.2, 0.25) is 0 Å². The van der Waals surface area contributed by atoms with Crippen molar-refractivity contribution in [3.63, 3.8) is 0 Å². The van der Waals surface area contributed by atoms with Crippen molar-refractivity contribution in [1.29, 1.82) is 0 Å². The van der Waals surface area contributed by atoms with Crippen LogP contribution in [0.15, 0.2) is 18.2 Å². The van der Waals surface area contributed by atoms with Crippen LogP contribution in [0, 0.1) is 6.92 Å². The number of hydrogen-bond donors (Lipinski definition) is 0. The minimum absolute atomic E-state index is 0.262. The van der Waals surface area contributed by atoms with E-state index in [1.54, 1.807) is 7.11 Å². The lowest BCUT2D eigenvalue weighted by molar-refractivity contribution is 0.0978. The summed E-state index contributed by atoms with van der Waals surface area (Å²) in [5.74, 6) is 1.08. The highest BCUT2D eigenvalue weighted by atomic mass is 16.5. The van der Waals surface area contributed by atoms with E-state index in [2.05, 4.69) is 4.90 Å². The van der Waals surface area contributed by atoms with Crippen LogP contribution in [-0.2, 0) is 0 Å². The first kappa shape index (κ1) is 17.0. The highest BCUT2D eigenvalue weighted by Crippen LogP contribution is 2.19. The predicted molar refractivity (Wildman–Crippen MR) is 90.8 cm³/mol. The molecule has 0 radical (unpaired) electrons. The molecule has 0 atom stereocenters. The minimum atomic E-state index is 0.262. The van der Waals surface area contributed by atoms with E-state index in [1.165, 1.54) is 45.3 Å². The molecule has 0 unspecified atom stereocenters. The molecule has 1 heterocycles. The highest BCUT2D eigenvalue weighted by Gasteiger charge is 2.11. The molecule has 3 nitrogen and oxygen atoms in total. The van der Waals surface area contributed by atoms with Gasteiger partial charge in [-0.2, -0.15) is 0 Å². The number of methoxy groups -OCH3 is 1. The molecule has 1 aliphatic heterocycles. The second-order valence-electron chi connectivity index (χ2n) is 6.32. The molecule has 22 heavy (non-hydrogen) atoms. The van der Waals surface area contributed by atoms with Crippen molar-refractivity contribution in [1.82, 2.24) is 4.90 Å². The molecular weight excluding hydrogens is 274 g/mol. The molecule has 2 rings (SSSR count). The third-order valence-electron chi connectivity index (χ3n) is 4.56. The fourth-order valence-electron chi connectivity index (χ4n) is 3.19. The zero-order valence-corrected chi connectivity index (χ0v) is 14.1. The summed E-state index contributed by atoms with van der Waals surface area (Å²) in [6.07, 6.45) is 8.13. The quantitative estimate of drug-likeness (QED) is 0.531. The van der Waals surface area contributed by atoms with Gasteiger partial charge >= 0.3 is 0 Å². The van der Waals surface area contributed by atoms with E-state index in [9.17, 15) is 4.79 Å². The van der Waals surface area contributed by atoms with Gasteiger partial charge in [0.2, 0.25) is 0 Å². The predicted octanol–water partition coefficient (Wildman–Crippen LogP) is 4.23. The molecule has 0 aromatic heterocycles. The lowest BCUT2D eigenvalue weighted by atomic mass is 10.00. The minimum Gasteiger partial charge on any atom is -0.497 e. The summed E-state index contributed by atoms with van der Waals surface area (Å²) >= 11 is 0. The molecule has 0 spiro atoms. The SMILES string of the molecule is COc1ccc(C(=O)CCCCCN2CCCCC2)c(C)c1. The zero-order chi connectivity index (χ0) is 15.8. The number of unbranched alkanes of at least 4 members (excludes halogenated alkanes) is 2. The Balaban J connectivity index is 1.67. The number of likely N-dealkylation sites (tertiary alicyclic amines) is 1. The molecule has 3 heteroatoms. The number of benzene rings is 1. The van der Waals surface area contributed by atoms with Gasteiger partial charge in [-0.25, -0.2) is 0 Å². The maximum Gasteiger partial charge on any atom is 0.163 e. The summed E-state index contributed by atoms with van der Waals surface area (Å²) in [4.78, 5) is 14.8. The lowest BCUT2D eigenvalue weighted by Crippen LogP contribution is -2.30. The Labute approximate surface area is 134 Å². The van der Waals surface area contributed by atoms with Crippen LogP contribution < -0.4 is 4.74 Å². The number of carbonyl (C=O) groups excluding carboxylic acids is 1. The van der Waals surface area contributed by atoms with Gasteiger partial charge in [-0.15, -0.1) is 0 Å². The van der Waals surface area contributed by atoms with Crippen LogP contribution in [0.5, 0.6) is 5.75 Å². The lowest BCUT2D eigenvalue weighted by Gasteiger charge is -2.26. The topological polar surface area (TPSA) is 29.5 Å². The van der Waals surface area contributed by atoms with E-state index in [4.69, 9.17) is 4.74 Å². The van der Waals surface area contributed by atoms with Gasteiger partial charge in [0.1, 0.15) is 5.75 Å². The van der Waals surface area contributed by atoms with Crippen LogP contribution in [0.4, 0.5) is 0 Å². The largest absolute Gasteiger partial charge is 0.497 e. The third-order valence-corrected chi connectivity index (χ3v) is 4.56. The summed E-state index contributed by atoms with van der Waals surface area (Å²) in [6, 6.07) is 5.70. The maximum atomic E-state index is 12.3. The molecule has 122 valence electrons. The Hall–Kier alpha value is -1.35. The van der Waals surface area contributed by atoms with Gasteiger partial charge in [0.25, 0.3) is 0 Å². The fourth-order valence-corrected chi connectivity index (χ4v) is 3.19. The average Bonchev–Trinajstić information content (AvgIpc) is 2.55. The number of carbonyl (C=O) groups is 1. The molecule has 1 saturated heterocycles. The molecule has 1 fully saturated rings. The van der Waals surface area contributed by atoms with Crippen molar-refractivity contribution < 1.29 is 9.53 Å². The van der Waals surface area contributed by atoms with Gasteiger partial charge in [0.15, 0.2) is 5.78 Å². The van der Waals surface area contributed by atoms with Crippen LogP contribution in [0.3, 0.4) is 0 Å². The van der Waals surface area contributed by atoms with Crippen LogP contribution in [0.1, 0.15) is 60.9 Å². The Kier molecular flexibility index (Phi) is 6.91. The number of hydrogen-bond acceptors (Lipinski definition) is 3. The van der Waals surface area contributed by atoms with Crippen molar-refractivity contribution in [2.75, 3.05) is 26.7 Å². The first-order chi connectivity index (χ1) is 10.7. The third kappa shape index (κ3) is 5.13. The molecule has 0 bridgehead atoms. The van der Waals surface area contributed by atoms with Crippen LogP contribution in [0.25, 0.3) is 0 Å². The maximum absolute atomic E-state index is 12.3. The Morgan fingerprint density at radius 3 is 2.59 bits per heavy atom. The molecule has 1 aromatic carbocycles. The molecule has 0 aliphatic carbocycles. The van der Waals surface area contributed by atoms with Gasteiger partial charge in [-0.05, 0) is 76.0 Å². The van der Waals surface area contributed by atoms with E-state index in [0.717, 1.165) is 29.7 Å². The van der Waals surface area contributed by atoms with Gasteiger partial charge in [0.05, 0.1) is 7.11 Å². The number of nitrogens with zero attached hydrogens (tertiary/aromatic N) is 1. The molecule has 1 aliphatic rings. The van der Waals surface area contributed by atoms with Gasteiger partial charge in [-0.3, -0.25) is 4.79 Å². The standard InChI is InChI=1S/C19H29NO2/c1-16-15-17(22-2)10-11-18(16)19(21)9-5-3-6-12-20-13-7-4-8-14-20/h10-11,15H,3-9,12-14H2,1-2H3. The number of piperidine rings is 1. The van der Waals surface area contributed by atoms with E-state index < -0.39 is 0 Å². The Bertz CT molecular complexity index is 478. The van der Waals surface area contributed by atoms with E-state index in [1.807, 2.05) is 25.1 Å². The van der Waals surface area contributed by atoms with Crippen LogP contribution >= 0.6 is 0 Å². The molecule has 0 saturated carbocycles. The second-order valence-corrected chi connectivity index (χ2v) is 6.32. The molecule has 0 amide bonds. The Morgan fingerprint density at radius 2 is 1.91 bits per heavy atom. The Morgan fingerprint density at radius 1 is 1.14 bits per heavy atom. The van der Waals surface area contributed by atoms with E-state index in [-0.39, 0.29) is 5.78 Å². The number of aryl methyl sites for hydroxylation is 1. The summed E-state index contributed by atoms with van der Waals surface area (Å²) in [7, 11) is 1.65. The van der Waals surface area contributed by atoms with Crippen molar-refractivity contribution >= 4 is 5.78 Å². The average molecular weight is 303 g/mol. The van der Waals surface area contributed by atoms with Crippen molar-refractivity contribution in [2.45, 2.75) is 51.9 Å². The number of ether oxygens (including phenoxy) is 1. The molecular formula is C19H29NO2. The second kappa shape index (κ2) is 8.94. The van der Waals surface area contributed by atoms with Crippen molar-refractivity contribution in [2.24, 2.45) is 0 Å². The summed E-state index contributed by atoms with van der Waals surface area (Å²) < 4.78 is 5.18. The van der Waals surface area contributed by atoms with E-state index in [0.29, 0.717) is 6.42 Å². The van der Waals surface area contributed by atoms with Gasteiger partial charge < -0.3 is 9.64 Å². The highest BCUT2D eigenvalue weighted by molar-refractivity contribution is 5.97. The molecule has 1 aromatic rings. The molecule has 0 N–H and O–H groups in total. The zero-order valence-electron chi connectivity index (χ0n) is 14.1. The van der Waals surface area contributed by atoms with Crippen LogP contribution in [-0.4, -0.2) is 37.4 Å². The monoisotopic (exact) mass is 303 g/mol. The number of rotatable bonds is 8. The first-order valence-corrected chi connectivity index (χ1v) is 8.61. The van der Waals surface area contributed by atoms with Gasteiger partial charge in [0, 0.05) is 12.0 Å². The van der Waals surface area contributed by atoms with Crippen molar-refractivity contribution in [3.05, 3.63) is 29.3 Å². The summed E-state index contributed by atoms with van der Waals surface area (Å²) in [5, 5.41) is 0. The smallest absolute Gasteiger partial charge is 0.163 e.